The van der Waals surface area contributed by atoms with Crippen molar-refractivity contribution in [3.05, 3.63) is 23.8 Å². The van der Waals surface area contributed by atoms with Gasteiger partial charge in [0.05, 0.1) is 29.5 Å². The second-order valence-electron chi connectivity index (χ2n) is 7.48. The number of benzene rings is 1. The van der Waals surface area contributed by atoms with E-state index >= 15 is 0 Å². The molecule has 1 aromatic rings. The van der Waals surface area contributed by atoms with Crippen molar-refractivity contribution in [3.8, 4) is 0 Å². The lowest BCUT2D eigenvalue weighted by atomic mass is 9.81. The fourth-order valence-electron chi connectivity index (χ4n) is 4.24. The summed E-state index contributed by atoms with van der Waals surface area (Å²) in [5.41, 5.74) is 0.800. The van der Waals surface area contributed by atoms with Gasteiger partial charge in [-0.2, -0.15) is 0 Å². The van der Waals surface area contributed by atoms with Gasteiger partial charge < -0.3 is 25.0 Å². The molecule has 2 fully saturated rings. The number of hydrogen-bond acceptors (Lipinski definition) is 5. The number of carbonyl (C=O) groups is 3. The molecular formula is C19H25N3O5. The highest BCUT2D eigenvalue weighted by Gasteiger charge is 2.55. The zero-order valence-electron chi connectivity index (χ0n) is 15.8. The zero-order valence-corrected chi connectivity index (χ0v) is 15.8. The van der Waals surface area contributed by atoms with Crippen LogP contribution >= 0.6 is 0 Å². The van der Waals surface area contributed by atoms with E-state index < -0.39 is 17.4 Å². The van der Waals surface area contributed by atoms with Crippen LogP contribution in [-0.4, -0.2) is 62.3 Å². The summed E-state index contributed by atoms with van der Waals surface area (Å²) in [6.45, 7) is 0.687. The molecule has 0 unspecified atom stereocenters. The van der Waals surface area contributed by atoms with Gasteiger partial charge in [-0.05, 0) is 37.0 Å². The highest BCUT2D eigenvalue weighted by Crippen LogP contribution is 2.49. The average molecular weight is 375 g/mol. The second-order valence-corrected chi connectivity index (χ2v) is 7.48. The van der Waals surface area contributed by atoms with Crippen molar-refractivity contribution in [3.63, 3.8) is 0 Å². The first-order chi connectivity index (χ1) is 12.8. The third kappa shape index (κ3) is 3.31. The monoisotopic (exact) mass is 375 g/mol. The molecule has 0 spiro atoms. The Labute approximate surface area is 158 Å². The van der Waals surface area contributed by atoms with Gasteiger partial charge in [-0.1, -0.05) is 6.42 Å². The molecule has 2 atom stereocenters. The molecular weight excluding hydrogens is 350 g/mol. The fourth-order valence-corrected chi connectivity index (χ4v) is 4.24. The van der Waals surface area contributed by atoms with Gasteiger partial charge in [0, 0.05) is 27.2 Å². The Hall–Kier alpha value is -2.77. The Morgan fingerprint density at radius 2 is 2.07 bits per heavy atom. The summed E-state index contributed by atoms with van der Waals surface area (Å²) in [4.78, 5) is 39.7. The van der Waals surface area contributed by atoms with Gasteiger partial charge in [-0.3, -0.25) is 4.79 Å². The minimum Gasteiger partial charge on any atom is -0.481 e. The summed E-state index contributed by atoms with van der Waals surface area (Å²) < 4.78 is 4.74. The van der Waals surface area contributed by atoms with Gasteiger partial charge in [0.15, 0.2) is 0 Å². The number of amides is 2. The Kier molecular flexibility index (Phi) is 4.99. The van der Waals surface area contributed by atoms with Crippen molar-refractivity contribution in [2.24, 2.45) is 11.3 Å². The number of urea groups is 1. The van der Waals surface area contributed by atoms with Crippen LogP contribution in [0.4, 0.5) is 16.2 Å². The van der Waals surface area contributed by atoms with Gasteiger partial charge in [-0.25, -0.2) is 9.59 Å². The number of carboxylic acids is 1. The number of fused-ring (bicyclic) bond motifs is 1. The number of nitrogens with one attached hydrogen (secondary N) is 1. The number of aliphatic carboxylic acids is 1. The van der Waals surface area contributed by atoms with E-state index in [4.69, 9.17) is 4.74 Å². The van der Waals surface area contributed by atoms with Crippen LogP contribution in [0.15, 0.2) is 18.2 Å². The number of ether oxygens (including phenoxy) is 1. The van der Waals surface area contributed by atoms with Crippen LogP contribution in [0, 0.1) is 11.3 Å². The third-order valence-electron chi connectivity index (χ3n) is 5.73. The Morgan fingerprint density at radius 1 is 1.33 bits per heavy atom. The number of esters is 1. The third-order valence-corrected chi connectivity index (χ3v) is 5.73. The van der Waals surface area contributed by atoms with Gasteiger partial charge in [0.25, 0.3) is 0 Å². The molecule has 1 aromatic carbocycles. The normalized spacial score (nSPS) is 23.7. The van der Waals surface area contributed by atoms with Crippen molar-refractivity contribution in [2.45, 2.75) is 19.3 Å². The summed E-state index contributed by atoms with van der Waals surface area (Å²) in [7, 11) is 4.94. The number of likely N-dealkylation sites (tertiary alicyclic amines) is 1. The standard InChI is InChI=1S/C19H25N3O5/c1-21(2)15-9-12(16(23)27-3)6-7-14(15)20-18(26)22-10-13-5-4-8-19(13,11-22)17(24)25/h6-7,9,13H,4-5,8,10-11H2,1-3H3,(H,20,26)(H,24,25)/t13-,19+/m0/s1. The van der Waals surface area contributed by atoms with Crippen molar-refractivity contribution in [1.82, 2.24) is 4.90 Å². The molecule has 8 heteroatoms. The lowest BCUT2D eigenvalue weighted by molar-refractivity contribution is -0.149. The van der Waals surface area contributed by atoms with E-state index in [-0.39, 0.29) is 18.5 Å². The smallest absolute Gasteiger partial charge is 0.337 e. The lowest BCUT2D eigenvalue weighted by Crippen LogP contribution is -2.38. The number of carboxylic acid groups (broad SMARTS) is 1. The molecule has 1 aliphatic heterocycles. The maximum absolute atomic E-state index is 12.8. The van der Waals surface area contributed by atoms with Crippen molar-refractivity contribution < 1.29 is 24.2 Å². The number of methoxy groups -OCH3 is 1. The summed E-state index contributed by atoms with van der Waals surface area (Å²) >= 11 is 0. The van der Waals surface area contributed by atoms with Crippen LogP contribution in [0.3, 0.4) is 0 Å². The quantitative estimate of drug-likeness (QED) is 0.783. The van der Waals surface area contributed by atoms with Gasteiger partial charge in [0.2, 0.25) is 0 Å². The predicted molar refractivity (Wildman–Crippen MR) is 100 cm³/mol. The van der Waals surface area contributed by atoms with E-state index in [1.807, 2.05) is 14.1 Å². The molecule has 146 valence electrons. The number of rotatable bonds is 4. The number of nitrogens with zero attached hydrogens (tertiary/aromatic N) is 2. The Bertz CT molecular complexity index is 779. The van der Waals surface area contributed by atoms with E-state index in [9.17, 15) is 19.5 Å². The largest absolute Gasteiger partial charge is 0.481 e. The summed E-state index contributed by atoms with van der Waals surface area (Å²) in [6, 6.07) is 4.58. The van der Waals surface area contributed by atoms with E-state index in [2.05, 4.69) is 5.32 Å². The fraction of sp³-hybridized carbons (Fsp3) is 0.526. The molecule has 27 heavy (non-hydrogen) atoms. The van der Waals surface area contributed by atoms with Crippen LogP contribution < -0.4 is 10.2 Å². The maximum Gasteiger partial charge on any atom is 0.337 e. The molecule has 2 amide bonds. The molecule has 3 rings (SSSR count). The van der Waals surface area contributed by atoms with Crippen LogP contribution in [0.1, 0.15) is 29.6 Å². The molecule has 1 aliphatic carbocycles. The number of carbonyl (C=O) groups excluding carboxylic acids is 2. The first-order valence-corrected chi connectivity index (χ1v) is 8.97. The topological polar surface area (TPSA) is 99.2 Å². The van der Waals surface area contributed by atoms with Crippen LogP contribution in [0.25, 0.3) is 0 Å². The summed E-state index contributed by atoms with van der Waals surface area (Å²) in [5.74, 6) is -1.25. The minimum absolute atomic E-state index is 0.00997. The summed E-state index contributed by atoms with van der Waals surface area (Å²) in [5, 5.41) is 12.5. The first-order valence-electron chi connectivity index (χ1n) is 8.97. The molecule has 0 bridgehead atoms. The van der Waals surface area contributed by atoms with E-state index in [1.165, 1.54) is 7.11 Å². The lowest BCUT2D eigenvalue weighted by Gasteiger charge is -2.24. The molecule has 1 heterocycles. The van der Waals surface area contributed by atoms with Gasteiger partial charge >= 0.3 is 18.0 Å². The average Bonchev–Trinajstić information content (AvgIpc) is 3.19. The van der Waals surface area contributed by atoms with Crippen molar-refractivity contribution >= 4 is 29.3 Å². The van der Waals surface area contributed by atoms with Gasteiger partial charge in [-0.15, -0.1) is 0 Å². The second kappa shape index (κ2) is 7.09. The van der Waals surface area contributed by atoms with Crippen LogP contribution in [-0.2, 0) is 9.53 Å². The molecule has 2 N–H and O–H groups in total. The zero-order chi connectivity index (χ0) is 19.8. The first kappa shape index (κ1) is 19.0. The molecule has 0 aromatic heterocycles. The highest BCUT2D eigenvalue weighted by atomic mass is 16.5. The van der Waals surface area contributed by atoms with E-state index in [0.29, 0.717) is 29.9 Å². The molecule has 2 aliphatic rings. The molecule has 1 saturated carbocycles. The number of hydrogen-bond donors (Lipinski definition) is 2. The SMILES string of the molecule is COC(=O)c1ccc(NC(=O)N2C[C@@H]3CCC[C@@]3(C(=O)O)C2)c(N(C)C)c1. The van der Waals surface area contributed by atoms with Gasteiger partial charge in [0.1, 0.15) is 0 Å². The van der Waals surface area contributed by atoms with Crippen molar-refractivity contribution in [1.29, 1.82) is 0 Å². The van der Waals surface area contributed by atoms with E-state index in [1.54, 1.807) is 28.0 Å². The van der Waals surface area contributed by atoms with E-state index in [0.717, 1.165) is 12.8 Å². The van der Waals surface area contributed by atoms with Crippen LogP contribution in [0.5, 0.6) is 0 Å². The predicted octanol–water partition coefficient (Wildman–Crippen LogP) is 2.26. The van der Waals surface area contributed by atoms with Crippen LogP contribution in [0.2, 0.25) is 0 Å². The Morgan fingerprint density at radius 3 is 2.67 bits per heavy atom. The number of anilines is 2. The Balaban J connectivity index is 1.78. The molecule has 1 saturated heterocycles. The minimum atomic E-state index is -0.809. The molecule has 8 nitrogen and oxygen atoms in total. The maximum atomic E-state index is 12.8. The molecule has 0 radical (unpaired) electrons. The highest BCUT2D eigenvalue weighted by molar-refractivity contribution is 5.97. The van der Waals surface area contributed by atoms with Crippen molar-refractivity contribution in [2.75, 3.05) is 44.5 Å². The summed E-state index contributed by atoms with van der Waals surface area (Å²) in [6.07, 6.45) is 2.35.